The Morgan fingerprint density at radius 3 is 2.88 bits per heavy atom. The molecule has 1 aromatic heterocycles. The summed E-state index contributed by atoms with van der Waals surface area (Å²) >= 11 is 1.40. The highest BCUT2D eigenvalue weighted by Crippen LogP contribution is 2.07. The average molecular weight is 252 g/mol. The van der Waals surface area contributed by atoms with Gasteiger partial charge < -0.3 is 10.2 Å². The molecule has 2 amide bonds. The molecule has 0 aliphatic heterocycles. The Hall–Kier alpha value is -1.62. The minimum absolute atomic E-state index is 0.0183. The predicted molar refractivity (Wildman–Crippen MR) is 69.1 cm³/mol. The topological polar surface area (TPSA) is 49.4 Å². The molecule has 92 valence electrons. The van der Waals surface area contributed by atoms with Crippen molar-refractivity contribution in [1.82, 2.24) is 10.2 Å². The van der Waals surface area contributed by atoms with Crippen molar-refractivity contribution in [2.24, 2.45) is 0 Å². The third-order valence-electron chi connectivity index (χ3n) is 2.21. The summed E-state index contributed by atoms with van der Waals surface area (Å²) in [5.74, 6) is -0.114. The maximum absolute atomic E-state index is 11.6. The van der Waals surface area contributed by atoms with Gasteiger partial charge in [0.25, 0.3) is 5.91 Å². The van der Waals surface area contributed by atoms with Crippen LogP contribution in [0.3, 0.4) is 0 Å². The van der Waals surface area contributed by atoms with Crippen LogP contribution in [0, 0.1) is 0 Å². The van der Waals surface area contributed by atoms with Crippen LogP contribution in [-0.2, 0) is 4.79 Å². The first-order valence-corrected chi connectivity index (χ1v) is 6.21. The molecule has 0 aromatic carbocycles. The van der Waals surface area contributed by atoms with Gasteiger partial charge in [0.1, 0.15) is 0 Å². The fourth-order valence-corrected chi connectivity index (χ4v) is 1.97. The van der Waals surface area contributed by atoms with Crippen molar-refractivity contribution < 1.29 is 9.59 Å². The van der Waals surface area contributed by atoms with Crippen molar-refractivity contribution >= 4 is 23.2 Å². The number of thiophene rings is 1. The Bertz CT molecular complexity index is 387. The molecule has 0 spiro atoms. The molecule has 1 aromatic rings. The Morgan fingerprint density at radius 1 is 1.59 bits per heavy atom. The highest BCUT2D eigenvalue weighted by molar-refractivity contribution is 7.12. The van der Waals surface area contributed by atoms with Crippen molar-refractivity contribution in [3.05, 3.63) is 35.0 Å². The van der Waals surface area contributed by atoms with Crippen molar-refractivity contribution in [2.75, 3.05) is 19.6 Å². The number of rotatable bonds is 6. The van der Waals surface area contributed by atoms with Crippen LogP contribution in [0.15, 0.2) is 30.2 Å². The Balaban J connectivity index is 2.33. The molecule has 1 N–H and O–H groups in total. The normalized spacial score (nSPS) is 9.71. The van der Waals surface area contributed by atoms with Gasteiger partial charge in [-0.3, -0.25) is 9.59 Å². The number of hydrogen-bond acceptors (Lipinski definition) is 3. The van der Waals surface area contributed by atoms with Crippen LogP contribution in [-0.4, -0.2) is 36.3 Å². The summed E-state index contributed by atoms with van der Waals surface area (Å²) in [4.78, 5) is 25.1. The fraction of sp³-hybridized carbons (Fsp3) is 0.333. The molecule has 5 heteroatoms. The summed E-state index contributed by atoms with van der Waals surface area (Å²) in [7, 11) is 0. The summed E-state index contributed by atoms with van der Waals surface area (Å²) in [5, 5.41) is 4.63. The van der Waals surface area contributed by atoms with E-state index in [0.29, 0.717) is 24.5 Å². The van der Waals surface area contributed by atoms with Crippen LogP contribution < -0.4 is 5.32 Å². The highest BCUT2D eigenvalue weighted by Gasteiger charge is 2.08. The zero-order valence-electron chi connectivity index (χ0n) is 9.81. The first-order valence-electron chi connectivity index (χ1n) is 5.33. The number of carbonyl (C=O) groups excluding carboxylic acids is 2. The lowest BCUT2D eigenvalue weighted by atomic mass is 10.4. The lowest BCUT2D eigenvalue weighted by Gasteiger charge is -2.19. The molecule has 0 atom stereocenters. The third-order valence-corrected chi connectivity index (χ3v) is 3.08. The maximum atomic E-state index is 11.6. The molecular weight excluding hydrogens is 236 g/mol. The van der Waals surface area contributed by atoms with Gasteiger partial charge in [-0.25, -0.2) is 0 Å². The zero-order valence-corrected chi connectivity index (χ0v) is 10.6. The third kappa shape index (κ3) is 4.40. The number of nitrogens with zero attached hydrogens (tertiary/aromatic N) is 1. The van der Waals surface area contributed by atoms with E-state index in [4.69, 9.17) is 0 Å². The summed E-state index contributed by atoms with van der Waals surface area (Å²) in [5.41, 5.74) is 0. The molecule has 0 aliphatic rings. The van der Waals surface area contributed by atoms with Crippen LogP contribution in [0.2, 0.25) is 0 Å². The second-order valence-corrected chi connectivity index (χ2v) is 4.43. The van der Waals surface area contributed by atoms with Gasteiger partial charge in [0, 0.05) is 26.6 Å². The van der Waals surface area contributed by atoms with Crippen LogP contribution in [0.1, 0.15) is 16.6 Å². The van der Waals surface area contributed by atoms with E-state index in [1.54, 1.807) is 17.0 Å². The highest BCUT2D eigenvalue weighted by atomic mass is 32.1. The van der Waals surface area contributed by atoms with Gasteiger partial charge in [-0.1, -0.05) is 12.1 Å². The minimum Gasteiger partial charge on any atom is -0.350 e. The number of hydrogen-bond donors (Lipinski definition) is 1. The Kier molecular flexibility index (Phi) is 5.42. The van der Waals surface area contributed by atoms with Crippen molar-refractivity contribution in [1.29, 1.82) is 0 Å². The fourth-order valence-electron chi connectivity index (χ4n) is 1.33. The van der Waals surface area contributed by atoms with Gasteiger partial charge in [0.05, 0.1) is 4.88 Å². The van der Waals surface area contributed by atoms with E-state index in [0.717, 1.165) is 0 Å². The molecule has 0 saturated heterocycles. The molecule has 17 heavy (non-hydrogen) atoms. The summed E-state index contributed by atoms with van der Waals surface area (Å²) in [6.45, 7) is 6.54. The van der Waals surface area contributed by atoms with Crippen LogP contribution in [0.4, 0.5) is 0 Å². The molecule has 0 bridgehead atoms. The van der Waals surface area contributed by atoms with E-state index in [1.165, 1.54) is 18.3 Å². The summed E-state index contributed by atoms with van der Waals surface area (Å²) in [6, 6.07) is 3.60. The summed E-state index contributed by atoms with van der Waals surface area (Å²) < 4.78 is 0. The molecule has 1 rings (SSSR count). The molecule has 0 saturated carbocycles. The van der Waals surface area contributed by atoms with Gasteiger partial charge in [-0.15, -0.1) is 17.9 Å². The first kappa shape index (κ1) is 13.4. The second-order valence-electron chi connectivity index (χ2n) is 3.49. The van der Waals surface area contributed by atoms with Gasteiger partial charge in [0.15, 0.2) is 0 Å². The number of carbonyl (C=O) groups is 2. The van der Waals surface area contributed by atoms with Gasteiger partial charge >= 0.3 is 0 Å². The van der Waals surface area contributed by atoms with Gasteiger partial charge in [0.2, 0.25) is 5.91 Å². The van der Waals surface area contributed by atoms with Crippen LogP contribution >= 0.6 is 11.3 Å². The molecular formula is C12H16N2O2S. The van der Waals surface area contributed by atoms with Crippen molar-refractivity contribution in [2.45, 2.75) is 6.92 Å². The lowest BCUT2D eigenvalue weighted by molar-refractivity contribution is -0.128. The number of nitrogens with one attached hydrogen (secondary N) is 1. The van der Waals surface area contributed by atoms with Crippen LogP contribution in [0.5, 0.6) is 0 Å². The zero-order chi connectivity index (χ0) is 12.7. The van der Waals surface area contributed by atoms with Gasteiger partial charge in [-0.05, 0) is 11.4 Å². The molecule has 1 heterocycles. The molecule has 0 radical (unpaired) electrons. The van der Waals surface area contributed by atoms with Crippen LogP contribution in [0.25, 0.3) is 0 Å². The SMILES string of the molecule is C=CCN(CCNC(=O)c1cccs1)C(C)=O. The van der Waals surface area contributed by atoms with Crippen molar-refractivity contribution in [3.8, 4) is 0 Å². The Labute approximate surface area is 105 Å². The quantitative estimate of drug-likeness (QED) is 0.780. The van der Waals surface area contributed by atoms with E-state index in [9.17, 15) is 9.59 Å². The number of amides is 2. The van der Waals surface area contributed by atoms with Crippen molar-refractivity contribution in [3.63, 3.8) is 0 Å². The first-order chi connectivity index (χ1) is 8.15. The smallest absolute Gasteiger partial charge is 0.261 e. The van der Waals surface area contributed by atoms with E-state index in [1.807, 2.05) is 11.4 Å². The molecule has 0 unspecified atom stereocenters. The molecule has 0 aliphatic carbocycles. The van der Waals surface area contributed by atoms with E-state index in [2.05, 4.69) is 11.9 Å². The summed E-state index contributed by atoms with van der Waals surface area (Å²) in [6.07, 6.45) is 1.67. The molecule has 4 nitrogen and oxygen atoms in total. The average Bonchev–Trinajstić information content (AvgIpc) is 2.81. The maximum Gasteiger partial charge on any atom is 0.261 e. The predicted octanol–water partition coefficient (Wildman–Crippen LogP) is 1.51. The standard InChI is InChI=1S/C12H16N2O2S/c1-3-7-14(10(2)15)8-6-13-12(16)11-5-4-9-17-11/h3-5,9H,1,6-8H2,2H3,(H,13,16). The Morgan fingerprint density at radius 2 is 2.35 bits per heavy atom. The lowest BCUT2D eigenvalue weighted by Crippen LogP contribution is -2.37. The minimum atomic E-state index is -0.0953. The monoisotopic (exact) mass is 252 g/mol. The van der Waals surface area contributed by atoms with E-state index >= 15 is 0 Å². The second kappa shape index (κ2) is 6.85. The largest absolute Gasteiger partial charge is 0.350 e. The van der Waals surface area contributed by atoms with Gasteiger partial charge in [-0.2, -0.15) is 0 Å². The molecule has 0 fully saturated rings. The van der Waals surface area contributed by atoms with E-state index < -0.39 is 0 Å². The van der Waals surface area contributed by atoms with E-state index in [-0.39, 0.29) is 11.8 Å².